The summed E-state index contributed by atoms with van der Waals surface area (Å²) in [6.07, 6.45) is 2.84. The first kappa shape index (κ1) is 18.4. The molecule has 1 saturated heterocycles. The lowest BCUT2D eigenvalue weighted by molar-refractivity contribution is 0.251. The van der Waals surface area contributed by atoms with E-state index < -0.39 is 10.0 Å². The summed E-state index contributed by atoms with van der Waals surface area (Å²) in [5.41, 5.74) is 11.5. The molecule has 4 N–H and O–H groups in total. The van der Waals surface area contributed by atoms with Gasteiger partial charge in [0, 0.05) is 25.3 Å². The van der Waals surface area contributed by atoms with Crippen molar-refractivity contribution in [2.24, 2.45) is 11.7 Å². The number of hydrogen-bond donors (Lipinski definition) is 2. The van der Waals surface area contributed by atoms with E-state index >= 15 is 0 Å². The molecule has 21 heavy (non-hydrogen) atoms. The molecule has 1 aromatic heterocycles. The number of piperidine rings is 1. The summed E-state index contributed by atoms with van der Waals surface area (Å²) in [4.78, 5) is 3.78. The molecule has 0 bridgehead atoms. The topological polar surface area (TPSA) is 102 Å². The van der Waals surface area contributed by atoms with Gasteiger partial charge in [0.05, 0.1) is 5.02 Å². The largest absolute Gasteiger partial charge is 0.383 e. The van der Waals surface area contributed by atoms with Crippen LogP contribution in [0.3, 0.4) is 0 Å². The van der Waals surface area contributed by atoms with Crippen LogP contribution in [0.5, 0.6) is 0 Å². The molecule has 2 rings (SSSR count). The summed E-state index contributed by atoms with van der Waals surface area (Å²) < 4.78 is 26.5. The van der Waals surface area contributed by atoms with Gasteiger partial charge in [-0.25, -0.2) is 13.4 Å². The van der Waals surface area contributed by atoms with Crippen molar-refractivity contribution in [1.29, 1.82) is 0 Å². The molecule has 0 aromatic carbocycles. The third kappa shape index (κ3) is 3.98. The van der Waals surface area contributed by atoms with Gasteiger partial charge in [-0.1, -0.05) is 11.6 Å². The van der Waals surface area contributed by atoms with Crippen molar-refractivity contribution in [3.8, 4) is 0 Å². The van der Waals surface area contributed by atoms with Crippen LogP contribution in [0.1, 0.15) is 19.8 Å². The number of pyridine rings is 1. The van der Waals surface area contributed by atoms with E-state index in [1.54, 1.807) is 0 Å². The second-order valence-electron chi connectivity index (χ2n) is 5.14. The van der Waals surface area contributed by atoms with Crippen LogP contribution in [-0.2, 0) is 10.0 Å². The molecule has 0 spiro atoms. The van der Waals surface area contributed by atoms with Gasteiger partial charge >= 0.3 is 0 Å². The molecule has 6 nitrogen and oxygen atoms in total. The van der Waals surface area contributed by atoms with Crippen molar-refractivity contribution < 1.29 is 8.42 Å². The smallest absolute Gasteiger partial charge is 0.246 e. The van der Waals surface area contributed by atoms with E-state index in [9.17, 15) is 8.42 Å². The van der Waals surface area contributed by atoms with E-state index in [2.05, 4.69) is 4.98 Å². The Labute approximate surface area is 136 Å². The van der Waals surface area contributed by atoms with Crippen LogP contribution >= 0.6 is 24.0 Å². The molecule has 0 saturated carbocycles. The number of hydrogen-bond acceptors (Lipinski definition) is 5. The third-order valence-electron chi connectivity index (χ3n) is 3.71. The molecule has 1 atom stereocenters. The number of rotatable bonds is 3. The monoisotopic (exact) mass is 354 g/mol. The van der Waals surface area contributed by atoms with Gasteiger partial charge in [0.2, 0.25) is 10.0 Å². The summed E-state index contributed by atoms with van der Waals surface area (Å²) in [6.45, 7) is 2.84. The van der Waals surface area contributed by atoms with E-state index in [1.807, 2.05) is 6.92 Å². The molecule has 1 fully saturated rings. The fourth-order valence-corrected chi connectivity index (χ4v) is 4.20. The lowest BCUT2D eigenvalue weighted by Gasteiger charge is -2.33. The highest BCUT2D eigenvalue weighted by molar-refractivity contribution is 7.89. The number of anilines is 1. The van der Waals surface area contributed by atoms with Gasteiger partial charge in [0.1, 0.15) is 10.7 Å². The SMILES string of the molecule is CC(N)C1CCN(S(=O)(=O)c2cc(Cl)cnc2N)CC1.Cl. The lowest BCUT2D eigenvalue weighted by atomic mass is 9.92. The first-order chi connectivity index (χ1) is 9.32. The fourth-order valence-electron chi connectivity index (χ4n) is 2.42. The first-order valence-electron chi connectivity index (χ1n) is 6.49. The zero-order chi connectivity index (χ0) is 14.9. The summed E-state index contributed by atoms with van der Waals surface area (Å²) in [7, 11) is -3.64. The van der Waals surface area contributed by atoms with Crippen LogP contribution in [0.2, 0.25) is 5.02 Å². The average Bonchev–Trinajstić information content (AvgIpc) is 2.41. The van der Waals surface area contributed by atoms with Crippen molar-refractivity contribution in [3.63, 3.8) is 0 Å². The van der Waals surface area contributed by atoms with Gasteiger partial charge in [0.25, 0.3) is 0 Å². The third-order valence-corrected chi connectivity index (χ3v) is 5.84. The summed E-state index contributed by atoms with van der Waals surface area (Å²) in [6, 6.07) is 1.43. The molecular weight excluding hydrogens is 335 g/mol. The minimum absolute atomic E-state index is 0. The molecule has 120 valence electrons. The normalized spacial score (nSPS) is 19.0. The van der Waals surface area contributed by atoms with E-state index in [0.29, 0.717) is 19.0 Å². The van der Waals surface area contributed by atoms with Crippen LogP contribution in [0.15, 0.2) is 17.2 Å². The lowest BCUT2D eigenvalue weighted by Crippen LogP contribution is -2.42. The van der Waals surface area contributed by atoms with Crippen molar-refractivity contribution in [2.75, 3.05) is 18.8 Å². The van der Waals surface area contributed by atoms with Gasteiger partial charge in [0.15, 0.2) is 0 Å². The van der Waals surface area contributed by atoms with Crippen molar-refractivity contribution in [3.05, 3.63) is 17.3 Å². The Morgan fingerprint density at radius 3 is 2.52 bits per heavy atom. The van der Waals surface area contributed by atoms with Crippen molar-refractivity contribution in [2.45, 2.75) is 30.7 Å². The summed E-state index contributed by atoms with van der Waals surface area (Å²) >= 11 is 5.81. The minimum Gasteiger partial charge on any atom is -0.383 e. The molecular formula is C12H20Cl2N4O2S. The van der Waals surface area contributed by atoms with Gasteiger partial charge in [-0.15, -0.1) is 12.4 Å². The molecule has 1 unspecified atom stereocenters. The van der Waals surface area contributed by atoms with Crippen LogP contribution in [0.25, 0.3) is 0 Å². The van der Waals surface area contributed by atoms with E-state index in [1.165, 1.54) is 16.6 Å². The maximum atomic E-state index is 12.6. The summed E-state index contributed by atoms with van der Waals surface area (Å²) in [5, 5.41) is 0.253. The van der Waals surface area contributed by atoms with E-state index in [4.69, 9.17) is 23.1 Å². The van der Waals surface area contributed by atoms with Crippen LogP contribution < -0.4 is 11.5 Å². The molecule has 2 heterocycles. The number of sulfonamides is 1. The fraction of sp³-hybridized carbons (Fsp3) is 0.583. The Balaban J connectivity index is 0.00000220. The molecule has 0 radical (unpaired) electrons. The Morgan fingerprint density at radius 1 is 1.43 bits per heavy atom. The second kappa shape index (κ2) is 7.11. The standard InChI is InChI=1S/C12H19ClN4O2S.ClH/c1-8(14)9-2-4-17(5-3-9)20(18,19)11-6-10(13)7-16-12(11)15;/h6-9H,2-5,14H2,1H3,(H2,15,16);1H. The Hall–Kier alpha value is -0.600. The Kier molecular flexibility index (Phi) is 6.24. The van der Waals surface area contributed by atoms with Gasteiger partial charge in [-0.3, -0.25) is 0 Å². The van der Waals surface area contributed by atoms with Gasteiger partial charge < -0.3 is 11.5 Å². The molecule has 0 aliphatic carbocycles. The van der Waals surface area contributed by atoms with Crippen LogP contribution in [0.4, 0.5) is 5.82 Å². The Morgan fingerprint density at radius 2 is 2.00 bits per heavy atom. The molecule has 1 aliphatic heterocycles. The quantitative estimate of drug-likeness (QED) is 0.855. The predicted octanol–water partition coefficient (Wildman–Crippen LogP) is 1.49. The number of aromatic nitrogens is 1. The molecule has 9 heteroatoms. The van der Waals surface area contributed by atoms with Crippen molar-refractivity contribution in [1.82, 2.24) is 9.29 Å². The molecule has 0 amide bonds. The summed E-state index contributed by atoms with van der Waals surface area (Å²) in [5.74, 6) is 0.333. The van der Waals surface area contributed by atoms with Crippen LogP contribution in [0, 0.1) is 5.92 Å². The number of nitrogens with two attached hydrogens (primary N) is 2. The Bertz CT molecular complexity index is 587. The second-order valence-corrected chi connectivity index (χ2v) is 7.48. The highest BCUT2D eigenvalue weighted by Gasteiger charge is 2.32. The minimum atomic E-state index is -3.64. The highest BCUT2D eigenvalue weighted by atomic mass is 35.5. The molecule has 1 aliphatic rings. The highest BCUT2D eigenvalue weighted by Crippen LogP contribution is 2.28. The number of halogens is 2. The zero-order valence-electron chi connectivity index (χ0n) is 11.7. The van der Waals surface area contributed by atoms with Crippen LogP contribution in [-0.4, -0.2) is 36.8 Å². The van der Waals surface area contributed by atoms with E-state index in [0.717, 1.165) is 12.8 Å². The van der Waals surface area contributed by atoms with Gasteiger partial charge in [-0.2, -0.15) is 4.31 Å². The van der Waals surface area contributed by atoms with Gasteiger partial charge in [-0.05, 0) is 31.7 Å². The molecule has 1 aromatic rings. The zero-order valence-corrected chi connectivity index (χ0v) is 14.1. The first-order valence-corrected chi connectivity index (χ1v) is 8.31. The average molecular weight is 355 g/mol. The van der Waals surface area contributed by atoms with E-state index in [-0.39, 0.29) is 34.2 Å². The maximum absolute atomic E-state index is 12.6. The predicted molar refractivity (Wildman–Crippen MR) is 86.0 cm³/mol. The van der Waals surface area contributed by atoms with Crippen molar-refractivity contribution >= 4 is 39.8 Å². The number of nitrogen functional groups attached to an aromatic ring is 1. The number of nitrogens with zero attached hydrogens (tertiary/aromatic N) is 2. The maximum Gasteiger partial charge on any atom is 0.246 e.